The molecule has 2 N–H and O–H groups in total. The van der Waals surface area contributed by atoms with E-state index in [4.69, 9.17) is 10.5 Å². The van der Waals surface area contributed by atoms with Gasteiger partial charge in [-0.15, -0.1) is 11.8 Å². The van der Waals surface area contributed by atoms with Gasteiger partial charge in [0.1, 0.15) is 11.5 Å². The molecule has 0 radical (unpaired) electrons. The quantitative estimate of drug-likeness (QED) is 0.818. The summed E-state index contributed by atoms with van der Waals surface area (Å²) in [6.45, 7) is 0.648. The van der Waals surface area contributed by atoms with E-state index in [0.717, 1.165) is 22.4 Å². The van der Waals surface area contributed by atoms with Crippen LogP contribution in [-0.4, -0.2) is 12.8 Å². The Morgan fingerprint density at radius 3 is 2.37 bits per heavy atom. The third kappa shape index (κ3) is 4.00. The number of hydrogen-bond donors (Lipinski definition) is 1. The molecule has 0 saturated carbocycles. The lowest BCUT2D eigenvalue weighted by atomic mass is 10.1. The van der Waals surface area contributed by atoms with Gasteiger partial charge in [0.15, 0.2) is 0 Å². The lowest BCUT2D eigenvalue weighted by Crippen LogP contribution is -2.03. The van der Waals surface area contributed by atoms with Gasteiger partial charge in [0.2, 0.25) is 0 Å². The van der Waals surface area contributed by atoms with Crippen LogP contribution in [0.15, 0.2) is 51.8 Å². The first-order valence-electron chi connectivity index (χ1n) is 6.03. The van der Waals surface area contributed by atoms with Crippen molar-refractivity contribution in [2.24, 2.45) is 5.73 Å². The van der Waals surface area contributed by atoms with Gasteiger partial charge >= 0.3 is 0 Å². The zero-order valence-corrected chi connectivity index (χ0v) is 13.1. The van der Waals surface area contributed by atoms with E-state index in [9.17, 15) is 0 Å². The summed E-state index contributed by atoms with van der Waals surface area (Å²) in [5.74, 6) is 1.67. The van der Waals surface area contributed by atoms with Crippen molar-refractivity contribution < 1.29 is 4.74 Å². The first kappa shape index (κ1) is 14.4. The molecule has 2 aromatic carbocycles. The molecule has 4 heteroatoms. The first-order valence-corrected chi connectivity index (χ1v) is 8.05. The van der Waals surface area contributed by atoms with Crippen LogP contribution in [0.2, 0.25) is 0 Å². The van der Waals surface area contributed by atoms with Gasteiger partial charge in [-0.3, -0.25) is 0 Å². The van der Waals surface area contributed by atoms with Crippen molar-refractivity contribution in [2.45, 2.75) is 11.3 Å². The highest BCUT2D eigenvalue weighted by molar-refractivity contribution is 9.10. The highest BCUT2D eigenvalue weighted by Gasteiger charge is 2.03. The van der Waals surface area contributed by atoms with Gasteiger partial charge in [0.05, 0.1) is 0 Å². The predicted molar refractivity (Wildman–Crippen MR) is 85.2 cm³/mol. The van der Waals surface area contributed by atoms with Crippen molar-refractivity contribution in [1.29, 1.82) is 0 Å². The summed E-state index contributed by atoms with van der Waals surface area (Å²) in [5, 5.41) is 0. The second kappa shape index (κ2) is 6.98. The standard InChI is InChI=1S/C15H16BrNOS/c1-19-14-6-4-12(5-7-14)18-13-3-2-11(8-9-17)15(16)10-13/h2-7,10H,8-9,17H2,1H3. The smallest absolute Gasteiger partial charge is 0.128 e. The van der Waals surface area contributed by atoms with Crippen molar-refractivity contribution >= 4 is 27.7 Å². The van der Waals surface area contributed by atoms with Crippen LogP contribution in [0.4, 0.5) is 0 Å². The van der Waals surface area contributed by atoms with E-state index in [1.807, 2.05) is 30.3 Å². The Balaban J connectivity index is 2.11. The molecule has 0 fully saturated rings. The fraction of sp³-hybridized carbons (Fsp3) is 0.200. The van der Waals surface area contributed by atoms with Gasteiger partial charge in [0, 0.05) is 9.37 Å². The molecule has 0 spiro atoms. The third-order valence-electron chi connectivity index (χ3n) is 2.73. The van der Waals surface area contributed by atoms with E-state index >= 15 is 0 Å². The van der Waals surface area contributed by atoms with Crippen molar-refractivity contribution in [3.05, 3.63) is 52.5 Å². The van der Waals surface area contributed by atoms with Crippen molar-refractivity contribution in [1.82, 2.24) is 0 Å². The molecule has 19 heavy (non-hydrogen) atoms. The molecule has 0 saturated heterocycles. The molecule has 2 nitrogen and oxygen atoms in total. The predicted octanol–water partition coefficient (Wildman–Crippen LogP) is 4.46. The van der Waals surface area contributed by atoms with Crippen molar-refractivity contribution in [3.63, 3.8) is 0 Å². The Hall–Kier alpha value is -0.970. The summed E-state index contributed by atoms with van der Waals surface area (Å²) in [4.78, 5) is 1.23. The van der Waals surface area contributed by atoms with Gasteiger partial charge in [-0.05, 0) is 61.2 Å². The Bertz CT molecular complexity index is 542. The molecule has 0 amide bonds. The number of rotatable bonds is 5. The van der Waals surface area contributed by atoms with Gasteiger partial charge in [-0.25, -0.2) is 0 Å². The van der Waals surface area contributed by atoms with Crippen molar-refractivity contribution in [2.75, 3.05) is 12.8 Å². The van der Waals surface area contributed by atoms with Crippen molar-refractivity contribution in [3.8, 4) is 11.5 Å². The van der Waals surface area contributed by atoms with Crippen LogP contribution in [0.1, 0.15) is 5.56 Å². The SMILES string of the molecule is CSc1ccc(Oc2ccc(CCN)c(Br)c2)cc1. The molecule has 0 aliphatic rings. The summed E-state index contributed by atoms with van der Waals surface area (Å²) in [6.07, 6.45) is 2.92. The summed E-state index contributed by atoms with van der Waals surface area (Å²) >= 11 is 5.26. The average Bonchev–Trinajstić information content (AvgIpc) is 2.43. The number of halogens is 1. The fourth-order valence-corrected chi connectivity index (χ4v) is 2.69. The number of nitrogens with two attached hydrogens (primary N) is 1. The number of benzene rings is 2. The topological polar surface area (TPSA) is 35.2 Å². The monoisotopic (exact) mass is 337 g/mol. The van der Waals surface area contributed by atoms with Crippen LogP contribution < -0.4 is 10.5 Å². The molecule has 2 rings (SSSR count). The highest BCUT2D eigenvalue weighted by atomic mass is 79.9. The molecule has 0 aromatic heterocycles. The molecule has 0 bridgehead atoms. The maximum absolute atomic E-state index is 5.82. The van der Waals surface area contributed by atoms with Crippen LogP contribution in [0.5, 0.6) is 11.5 Å². The maximum Gasteiger partial charge on any atom is 0.128 e. The van der Waals surface area contributed by atoms with Gasteiger partial charge in [-0.1, -0.05) is 22.0 Å². The molecule has 0 atom stereocenters. The third-order valence-corrected chi connectivity index (χ3v) is 4.22. The van der Waals surface area contributed by atoms with Crippen LogP contribution in [0.25, 0.3) is 0 Å². The molecule has 0 heterocycles. The molecular weight excluding hydrogens is 322 g/mol. The molecule has 0 unspecified atom stereocenters. The number of ether oxygens (including phenoxy) is 1. The molecule has 0 aliphatic heterocycles. The molecular formula is C15H16BrNOS. The van der Waals surface area contributed by atoms with Crippen LogP contribution in [0, 0.1) is 0 Å². The normalized spacial score (nSPS) is 10.5. The van der Waals surface area contributed by atoms with E-state index in [2.05, 4.69) is 34.3 Å². The van der Waals surface area contributed by atoms with E-state index < -0.39 is 0 Å². The Morgan fingerprint density at radius 2 is 1.79 bits per heavy atom. The second-order valence-corrected chi connectivity index (χ2v) is 5.80. The molecule has 2 aromatic rings. The van der Waals surface area contributed by atoms with Gasteiger partial charge in [-0.2, -0.15) is 0 Å². The largest absolute Gasteiger partial charge is 0.457 e. The second-order valence-electron chi connectivity index (χ2n) is 4.07. The number of thioether (sulfide) groups is 1. The summed E-state index contributed by atoms with van der Waals surface area (Å²) in [7, 11) is 0. The minimum Gasteiger partial charge on any atom is -0.457 e. The van der Waals surface area contributed by atoms with E-state index in [-0.39, 0.29) is 0 Å². The summed E-state index contributed by atoms with van der Waals surface area (Å²) in [5.41, 5.74) is 6.77. The Morgan fingerprint density at radius 1 is 1.11 bits per heavy atom. The minimum atomic E-state index is 0.648. The lowest BCUT2D eigenvalue weighted by molar-refractivity contribution is 0.481. The number of hydrogen-bond acceptors (Lipinski definition) is 3. The summed E-state index contributed by atoms with van der Waals surface area (Å²) < 4.78 is 6.86. The first-order chi connectivity index (χ1) is 9.22. The maximum atomic E-state index is 5.82. The average molecular weight is 338 g/mol. The lowest BCUT2D eigenvalue weighted by Gasteiger charge is -2.09. The van der Waals surface area contributed by atoms with E-state index in [0.29, 0.717) is 6.54 Å². The van der Waals surface area contributed by atoms with Crippen LogP contribution in [-0.2, 0) is 6.42 Å². The molecule has 0 aliphatic carbocycles. The van der Waals surface area contributed by atoms with Gasteiger partial charge < -0.3 is 10.5 Å². The van der Waals surface area contributed by atoms with Crippen LogP contribution >= 0.6 is 27.7 Å². The molecule has 100 valence electrons. The minimum absolute atomic E-state index is 0.648. The zero-order valence-electron chi connectivity index (χ0n) is 10.7. The fourth-order valence-electron chi connectivity index (χ4n) is 1.73. The van der Waals surface area contributed by atoms with Crippen LogP contribution in [0.3, 0.4) is 0 Å². The zero-order chi connectivity index (χ0) is 13.7. The van der Waals surface area contributed by atoms with E-state index in [1.54, 1.807) is 11.8 Å². The Labute approximate surface area is 126 Å². The van der Waals surface area contributed by atoms with Gasteiger partial charge in [0.25, 0.3) is 0 Å². The highest BCUT2D eigenvalue weighted by Crippen LogP contribution is 2.28. The summed E-state index contributed by atoms with van der Waals surface area (Å²) in [6, 6.07) is 14.1. The Kier molecular flexibility index (Phi) is 5.31. The van der Waals surface area contributed by atoms with E-state index in [1.165, 1.54) is 10.5 Å².